The molecule has 3 rings (SSSR count). The zero-order valence-corrected chi connectivity index (χ0v) is 13.9. The van der Waals surface area contributed by atoms with Crippen molar-refractivity contribution in [2.45, 2.75) is 18.1 Å². The fourth-order valence-electron chi connectivity index (χ4n) is 1.97. The zero-order chi connectivity index (χ0) is 16.2. The lowest BCUT2D eigenvalue weighted by Crippen LogP contribution is -2.28. The van der Waals surface area contributed by atoms with Crippen molar-refractivity contribution in [1.29, 1.82) is 0 Å². The molecular formula is C14H15N5O2S2. The molecule has 0 aliphatic rings. The maximum absolute atomic E-state index is 12.0. The Morgan fingerprint density at radius 3 is 3.04 bits per heavy atom. The molecule has 7 nitrogen and oxygen atoms in total. The van der Waals surface area contributed by atoms with Crippen LogP contribution in [0.15, 0.2) is 45.5 Å². The van der Waals surface area contributed by atoms with Crippen molar-refractivity contribution >= 4 is 29.0 Å². The summed E-state index contributed by atoms with van der Waals surface area (Å²) in [7, 11) is 0. The molecule has 0 aromatic carbocycles. The number of thioether (sulfide) groups is 1. The molecule has 3 N–H and O–H groups in total. The molecule has 3 heterocycles. The number of carbonyl (C=O) groups is 1. The van der Waals surface area contributed by atoms with Gasteiger partial charge in [-0.25, -0.2) is 4.68 Å². The minimum absolute atomic E-state index is 0.0162. The second-order valence-electron chi connectivity index (χ2n) is 4.75. The maximum atomic E-state index is 12.0. The minimum atomic E-state index is -0.0848. The summed E-state index contributed by atoms with van der Waals surface area (Å²) in [6.07, 6.45) is 1.54. The Kier molecular flexibility index (Phi) is 4.68. The Morgan fingerprint density at radius 2 is 2.35 bits per heavy atom. The van der Waals surface area contributed by atoms with E-state index in [0.29, 0.717) is 16.7 Å². The molecule has 3 aromatic rings. The molecule has 23 heavy (non-hydrogen) atoms. The van der Waals surface area contributed by atoms with Crippen LogP contribution >= 0.6 is 23.1 Å². The molecule has 3 aromatic heterocycles. The van der Waals surface area contributed by atoms with Gasteiger partial charge in [0, 0.05) is 4.88 Å². The summed E-state index contributed by atoms with van der Waals surface area (Å²) in [6, 6.07) is 7.44. The molecule has 0 aliphatic heterocycles. The van der Waals surface area contributed by atoms with Crippen LogP contribution in [0.4, 0.5) is 0 Å². The molecule has 120 valence electrons. The molecule has 1 amide bonds. The molecular weight excluding hydrogens is 334 g/mol. The topological polar surface area (TPSA) is 99.0 Å². The number of hydrogen-bond donors (Lipinski definition) is 2. The predicted molar refractivity (Wildman–Crippen MR) is 89.5 cm³/mol. The summed E-state index contributed by atoms with van der Waals surface area (Å²) in [6.45, 7) is 1.95. The number of nitrogens with one attached hydrogen (secondary N) is 1. The monoisotopic (exact) mass is 349 g/mol. The van der Waals surface area contributed by atoms with Crippen molar-refractivity contribution < 1.29 is 9.21 Å². The van der Waals surface area contributed by atoms with E-state index < -0.39 is 0 Å². The second kappa shape index (κ2) is 6.88. The molecule has 0 spiro atoms. The first-order valence-electron chi connectivity index (χ1n) is 6.85. The van der Waals surface area contributed by atoms with Gasteiger partial charge in [-0.15, -0.1) is 21.5 Å². The summed E-state index contributed by atoms with van der Waals surface area (Å²) in [5.74, 6) is 7.02. The molecule has 0 saturated heterocycles. The summed E-state index contributed by atoms with van der Waals surface area (Å²) >= 11 is 2.84. The third-order valence-electron chi connectivity index (χ3n) is 3.09. The van der Waals surface area contributed by atoms with E-state index in [2.05, 4.69) is 15.5 Å². The summed E-state index contributed by atoms with van der Waals surface area (Å²) in [5, 5.41) is 13.3. The number of thiophene rings is 1. The van der Waals surface area contributed by atoms with Crippen LogP contribution in [-0.4, -0.2) is 26.5 Å². The highest BCUT2D eigenvalue weighted by atomic mass is 32.2. The number of nitrogens with zero attached hydrogens (tertiary/aromatic N) is 3. The quantitative estimate of drug-likeness (QED) is 0.523. The Labute approximate surface area is 140 Å². The molecule has 0 radical (unpaired) electrons. The van der Waals surface area contributed by atoms with Gasteiger partial charge in [0.25, 0.3) is 0 Å². The molecule has 1 atom stereocenters. The molecule has 0 bridgehead atoms. The van der Waals surface area contributed by atoms with Crippen molar-refractivity contribution in [3.63, 3.8) is 0 Å². The van der Waals surface area contributed by atoms with Crippen LogP contribution in [0.1, 0.15) is 17.8 Å². The zero-order valence-electron chi connectivity index (χ0n) is 12.3. The Hall–Kier alpha value is -2.26. The van der Waals surface area contributed by atoms with Gasteiger partial charge in [0.15, 0.2) is 5.76 Å². The lowest BCUT2D eigenvalue weighted by atomic mass is 10.3. The van der Waals surface area contributed by atoms with Gasteiger partial charge in [0.1, 0.15) is 0 Å². The largest absolute Gasteiger partial charge is 0.461 e. The van der Waals surface area contributed by atoms with Crippen LogP contribution in [0.2, 0.25) is 0 Å². The molecule has 0 fully saturated rings. The van der Waals surface area contributed by atoms with Gasteiger partial charge in [-0.3, -0.25) is 4.79 Å². The first-order chi connectivity index (χ1) is 11.1. The van der Waals surface area contributed by atoms with Gasteiger partial charge in [0.05, 0.1) is 18.1 Å². The number of nitrogens with two attached hydrogens (primary N) is 1. The average Bonchev–Trinajstić information content (AvgIpc) is 3.27. The Morgan fingerprint density at radius 1 is 1.48 bits per heavy atom. The van der Waals surface area contributed by atoms with E-state index in [4.69, 9.17) is 10.3 Å². The number of hydrogen-bond acceptors (Lipinski definition) is 7. The first kappa shape index (κ1) is 15.6. The van der Waals surface area contributed by atoms with Crippen LogP contribution in [-0.2, 0) is 4.79 Å². The van der Waals surface area contributed by atoms with E-state index in [1.54, 1.807) is 23.5 Å². The van der Waals surface area contributed by atoms with Crippen LogP contribution < -0.4 is 11.2 Å². The van der Waals surface area contributed by atoms with E-state index >= 15 is 0 Å². The van der Waals surface area contributed by atoms with E-state index in [9.17, 15) is 4.79 Å². The lowest BCUT2D eigenvalue weighted by Gasteiger charge is -2.11. The summed E-state index contributed by atoms with van der Waals surface area (Å²) in [4.78, 5) is 13.1. The van der Waals surface area contributed by atoms with Gasteiger partial charge in [-0.1, -0.05) is 17.8 Å². The highest BCUT2D eigenvalue weighted by molar-refractivity contribution is 7.99. The van der Waals surface area contributed by atoms with Crippen LogP contribution in [0.3, 0.4) is 0 Å². The minimum Gasteiger partial charge on any atom is -0.461 e. The molecule has 9 heteroatoms. The number of rotatable bonds is 6. The van der Waals surface area contributed by atoms with Crippen molar-refractivity contribution in [2.24, 2.45) is 0 Å². The average molecular weight is 349 g/mol. The number of carbonyl (C=O) groups excluding carboxylic acids is 1. The van der Waals surface area contributed by atoms with Crippen LogP contribution in [0.25, 0.3) is 11.6 Å². The normalized spacial score (nSPS) is 12.2. The van der Waals surface area contributed by atoms with Gasteiger partial charge < -0.3 is 15.6 Å². The Bertz CT molecular complexity index is 767. The highest BCUT2D eigenvalue weighted by Gasteiger charge is 2.16. The first-order valence-corrected chi connectivity index (χ1v) is 8.71. The van der Waals surface area contributed by atoms with E-state index in [-0.39, 0.29) is 17.7 Å². The fourth-order valence-corrected chi connectivity index (χ4v) is 3.37. The van der Waals surface area contributed by atoms with Gasteiger partial charge >= 0.3 is 0 Å². The van der Waals surface area contributed by atoms with Crippen LogP contribution in [0.5, 0.6) is 0 Å². The van der Waals surface area contributed by atoms with Gasteiger partial charge in [-0.05, 0) is 30.5 Å². The summed E-state index contributed by atoms with van der Waals surface area (Å²) < 4.78 is 6.56. The maximum Gasteiger partial charge on any atom is 0.230 e. The molecule has 0 saturated carbocycles. The highest BCUT2D eigenvalue weighted by Crippen LogP contribution is 2.22. The molecule has 0 unspecified atom stereocenters. The smallest absolute Gasteiger partial charge is 0.230 e. The molecule has 0 aliphatic carbocycles. The second-order valence-corrected chi connectivity index (χ2v) is 6.67. The van der Waals surface area contributed by atoms with Gasteiger partial charge in [0.2, 0.25) is 16.9 Å². The standard InChI is InChI=1S/C14H15N5O2S2/c1-9(11-5-3-7-22-11)16-12(20)8-23-14-18-17-13(19(14)15)10-4-2-6-21-10/h2-7,9H,8,15H2,1H3,(H,16,20)/t9-/m0/s1. The van der Waals surface area contributed by atoms with Gasteiger partial charge in [-0.2, -0.15) is 0 Å². The van der Waals surface area contributed by atoms with E-state index in [1.165, 1.54) is 22.7 Å². The fraction of sp³-hybridized carbons (Fsp3) is 0.214. The lowest BCUT2D eigenvalue weighted by molar-refractivity contribution is -0.119. The number of amides is 1. The third-order valence-corrected chi connectivity index (χ3v) is 5.08. The van der Waals surface area contributed by atoms with E-state index in [0.717, 1.165) is 4.88 Å². The third kappa shape index (κ3) is 3.57. The van der Waals surface area contributed by atoms with Crippen molar-refractivity contribution in [1.82, 2.24) is 20.2 Å². The van der Waals surface area contributed by atoms with Crippen molar-refractivity contribution in [2.75, 3.05) is 11.6 Å². The predicted octanol–water partition coefficient (Wildman–Crippen LogP) is 2.28. The van der Waals surface area contributed by atoms with Crippen molar-refractivity contribution in [3.8, 4) is 11.6 Å². The summed E-state index contributed by atoms with van der Waals surface area (Å²) in [5.41, 5.74) is 0. The van der Waals surface area contributed by atoms with E-state index in [1.807, 2.05) is 24.4 Å². The SMILES string of the molecule is C[C@H](NC(=O)CSc1nnc(-c2ccco2)n1N)c1cccs1. The Balaban J connectivity index is 1.57. The van der Waals surface area contributed by atoms with Crippen LogP contribution in [0, 0.1) is 0 Å². The number of aromatic nitrogens is 3. The number of nitrogen functional groups attached to an aromatic ring is 1. The van der Waals surface area contributed by atoms with Crippen molar-refractivity contribution in [3.05, 3.63) is 40.8 Å². The number of furan rings is 1.